The van der Waals surface area contributed by atoms with E-state index in [0.29, 0.717) is 0 Å². The molecule has 1 aliphatic rings. The summed E-state index contributed by atoms with van der Waals surface area (Å²) in [5.41, 5.74) is 2.82. The molecular weight excluding hydrogens is 343 g/mol. The molecule has 1 fully saturated rings. The highest BCUT2D eigenvalue weighted by molar-refractivity contribution is 7.17. The van der Waals surface area contributed by atoms with Crippen LogP contribution < -0.4 is 24.0 Å². The van der Waals surface area contributed by atoms with E-state index in [9.17, 15) is 0 Å². The Kier molecular flexibility index (Phi) is 4.15. The van der Waals surface area contributed by atoms with E-state index in [0.717, 1.165) is 0 Å². The van der Waals surface area contributed by atoms with Crippen LogP contribution >= 0.6 is 11.3 Å². The summed E-state index contributed by atoms with van der Waals surface area (Å²) in [5, 5.41) is 2.18. The normalized spacial score (nSPS) is 19.1. The van der Waals surface area contributed by atoms with Gasteiger partial charge in [-0.05, 0) is 30.7 Å². The van der Waals surface area contributed by atoms with Crippen molar-refractivity contribution in [3.63, 3.8) is 0 Å². The van der Waals surface area contributed by atoms with Crippen LogP contribution in [-0.2, 0) is 6.54 Å². The van der Waals surface area contributed by atoms with E-state index >= 15 is 0 Å². The number of likely N-dealkylation sites (tertiary alicyclic amines) is 1. The molecule has 0 spiro atoms. The third-order valence-electron chi connectivity index (χ3n) is 3.81. The van der Waals surface area contributed by atoms with Gasteiger partial charge >= 0.3 is 0 Å². The number of piperidine rings is 1. The maximum atomic E-state index is 3.38. The molecule has 2 nitrogen and oxygen atoms in total. The van der Waals surface area contributed by atoms with Crippen molar-refractivity contribution >= 4 is 21.6 Å². The number of rotatable bonds is 2. The molecule has 0 aromatic carbocycles. The lowest BCUT2D eigenvalue weighted by molar-refractivity contribution is -0.926. The molecule has 4 heteroatoms. The molecule has 0 atom stereocenters. The molecule has 0 amide bonds. The van der Waals surface area contributed by atoms with Crippen molar-refractivity contribution in [2.45, 2.75) is 25.8 Å². The number of fused-ring (bicyclic) bond motifs is 1. The molecular formula is C13H19IN2S. The second-order valence-electron chi connectivity index (χ2n) is 5.26. The van der Waals surface area contributed by atoms with Gasteiger partial charge in [-0.3, -0.25) is 0 Å². The molecule has 0 saturated carbocycles. The highest BCUT2D eigenvalue weighted by Crippen LogP contribution is 2.28. The number of quaternary nitrogens is 1. The summed E-state index contributed by atoms with van der Waals surface area (Å²) in [6.07, 6.45) is 6.43. The van der Waals surface area contributed by atoms with Crippen molar-refractivity contribution in [3.05, 3.63) is 23.2 Å². The van der Waals surface area contributed by atoms with Crippen LogP contribution in [0.25, 0.3) is 10.2 Å². The summed E-state index contributed by atoms with van der Waals surface area (Å²) >= 11 is 1.87. The van der Waals surface area contributed by atoms with Gasteiger partial charge < -0.3 is 33.4 Å². The van der Waals surface area contributed by atoms with Crippen LogP contribution in [0.5, 0.6) is 0 Å². The molecule has 2 aromatic heterocycles. The Morgan fingerprint density at radius 2 is 2.06 bits per heavy atom. The third-order valence-corrected chi connectivity index (χ3v) is 4.80. The van der Waals surface area contributed by atoms with Crippen molar-refractivity contribution in [3.8, 4) is 0 Å². The number of hydrogen-bond acceptors (Lipinski definition) is 1. The summed E-state index contributed by atoms with van der Waals surface area (Å²) in [5.74, 6) is 0. The van der Waals surface area contributed by atoms with E-state index in [1.807, 2.05) is 11.3 Å². The predicted octanol–water partition coefficient (Wildman–Crippen LogP) is 0.364. The highest BCUT2D eigenvalue weighted by Gasteiger charge is 2.26. The van der Waals surface area contributed by atoms with Crippen molar-refractivity contribution in [2.75, 3.05) is 20.1 Å². The molecule has 2 aromatic rings. The SMILES string of the molecule is C[N+]1(Cc2c[nH]c3ccsc23)CCCCC1.[I-]. The second kappa shape index (κ2) is 5.28. The van der Waals surface area contributed by atoms with E-state index in [4.69, 9.17) is 0 Å². The quantitative estimate of drug-likeness (QED) is 0.587. The van der Waals surface area contributed by atoms with Gasteiger partial charge in [0.25, 0.3) is 0 Å². The van der Waals surface area contributed by atoms with Crippen molar-refractivity contribution in [1.82, 2.24) is 4.98 Å². The highest BCUT2D eigenvalue weighted by atomic mass is 127. The monoisotopic (exact) mass is 362 g/mol. The lowest BCUT2D eigenvalue weighted by atomic mass is 10.1. The lowest BCUT2D eigenvalue weighted by Gasteiger charge is -2.37. The van der Waals surface area contributed by atoms with E-state index in [2.05, 4.69) is 29.7 Å². The van der Waals surface area contributed by atoms with Crippen LogP contribution in [0.3, 0.4) is 0 Å². The molecule has 0 radical (unpaired) electrons. The molecule has 0 unspecified atom stereocenters. The zero-order chi connectivity index (χ0) is 11.0. The van der Waals surface area contributed by atoms with Crippen molar-refractivity contribution in [1.29, 1.82) is 0 Å². The number of hydrogen-bond donors (Lipinski definition) is 1. The first-order valence-electron chi connectivity index (χ1n) is 6.14. The predicted molar refractivity (Wildman–Crippen MR) is 69.6 cm³/mol. The summed E-state index contributed by atoms with van der Waals surface area (Å²) < 4.78 is 2.69. The third kappa shape index (κ3) is 2.69. The summed E-state index contributed by atoms with van der Waals surface area (Å²) in [7, 11) is 2.41. The van der Waals surface area contributed by atoms with E-state index in [-0.39, 0.29) is 24.0 Å². The number of nitrogens with zero attached hydrogens (tertiary/aromatic N) is 1. The first kappa shape index (κ1) is 13.4. The minimum atomic E-state index is 0. The Bertz CT molecular complexity index is 482. The first-order chi connectivity index (χ1) is 7.77. The van der Waals surface area contributed by atoms with Gasteiger partial charge in [0, 0.05) is 11.8 Å². The first-order valence-corrected chi connectivity index (χ1v) is 7.02. The molecule has 3 heterocycles. The lowest BCUT2D eigenvalue weighted by Crippen LogP contribution is -3.00. The van der Waals surface area contributed by atoms with E-state index < -0.39 is 0 Å². The Morgan fingerprint density at radius 1 is 1.29 bits per heavy atom. The van der Waals surface area contributed by atoms with Gasteiger partial charge in [-0.1, -0.05) is 0 Å². The van der Waals surface area contributed by atoms with Gasteiger partial charge in [-0.2, -0.15) is 0 Å². The zero-order valence-corrected chi connectivity index (χ0v) is 13.2. The van der Waals surface area contributed by atoms with E-state index in [1.54, 1.807) is 0 Å². The number of halogens is 1. The fourth-order valence-electron chi connectivity index (χ4n) is 2.86. The average molecular weight is 362 g/mol. The van der Waals surface area contributed by atoms with Crippen LogP contribution in [0.2, 0.25) is 0 Å². The molecule has 0 bridgehead atoms. The maximum Gasteiger partial charge on any atom is 0.107 e. The molecule has 1 N–H and O–H groups in total. The van der Waals surface area contributed by atoms with Crippen LogP contribution in [0.4, 0.5) is 0 Å². The average Bonchev–Trinajstić information content (AvgIpc) is 2.84. The van der Waals surface area contributed by atoms with Crippen molar-refractivity contribution in [2.24, 2.45) is 0 Å². The minimum absolute atomic E-state index is 0. The van der Waals surface area contributed by atoms with E-state index in [1.165, 1.54) is 59.2 Å². The summed E-state index contributed by atoms with van der Waals surface area (Å²) in [6, 6.07) is 2.18. The number of aromatic nitrogens is 1. The van der Waals surface area contributed by atoms with Crippen LogP contribution in [0.15, 0.2) is 17.6 Å². The topological polar surface area (TPSA) is 15.8 Å². The van der Waals surface area contributed by atoms with Gasteiger partial charge in [0.05, 0.1) is 30.4 Å². The Labute approximate surface area is 124 Å². The fourth-order valence-corrected chi connectivity index (χ4v) is 3.73. The van der Waals surface area contributed by atoms with Gasteiger partial charge in [0.15, 0.2) is 0 Å². The number of H-pyrrole nitrogens is 1. The maximum absolute atomic E-state index is 3.38. The number of thiophene rings is 1. The summed E-state index contributed by atoms with van der Waals surface area (Å²) in [6.45, 7) is 3.89. The zero-order valence-electron chi connectivity index (χ0n) is 10.2. The Hall–Kier alpha value is -0.0700. The Morgan fingerprint density at radius 3 is 2.82 bits per heavy atom. The molecule has 1 aliphatic heterocycles. The molecule has 3 rings (SSSR count). The van der Waals surface area contributed by atoms with Crippen molar-refractivity contribution < 1.29 is 28.5 Å². The second-order valence-corrected chi connectivity index (χ2v) is 6.18. The smallest absolute Gasteiger partial charge is 0.107 e. The molecule has 94 valence electrons. The van der Waals surface area contributed by atoms with Crippen LogP contribution in [0, 0.1) is 0 Å². The van der Waals surface area contributed by atoms with Gasteiger partial charge in [-0.15, -0.1) is 11.3 Å². The van der Waals surface area contributed by atoms with Gasteiger partial charge in [0.2, 0.25) is 0 Å². The van der Waals surface area contributed by atoms with Crippen LogP contribution in [0.1, 0.15) is 24.8 Å². The van der Waals surface area contributed by atoms with Gasteiger partial charge in [0.1, 0.15) is 6.54 Å². The Balaban J connectivity index is 0.00000108. The fraction of sp³-hybridized carbons (Fsp3) is 0.538. The summed E-state index contributed by atoms with van der Waals surface area (Å²) in [4.78, 5) is 3.38. The standard InChI is InChI=1S/C13H19N2S.HI/c1-15(6-3-2-4-7-15)10-11-9-14-12-5-8-16-13(11)12;/h5,8-9,14H,2-4,6-7,10H2,1H3;1H/q+1;/p-1. The number of aromatic amines is 1. The minimum Gasteiger partial charge on any atom is -1.00 e. The van der Waals surface area contributed by atoms with Crippen LogP contribution in [-0.4, -0.2) is 29.6 Å². The molecule has 1 saturated heterocycles. The van der Waals surface area contributed by atoms with Gasteiger partial charge in [-0.25, -0.2) is 0 Å². The number of nitrogens with one attached hydrogen (secondary N) is 1. The molecule has 17 heavy (non-hydrogen) atoms. The largest absolute Gasteiger partial charge is 1.00 e. The molecule has 0 aliphatic carbocycles.